The minimum atomic E-state index is -0.857. The molecular weight excluding hydrogens is 225 g/mol. The molecule has 0 amide bonds. The van der Waals surface area contributed by atoms with E-state index in [2.05, 4.69) is 0 Å². The van der Waals surface area contributed by atoms with Crippen molar-refractivity contribution in [2.24, 2.45) is 5.92 Å². The largest absolute Gasteiger partial charge is 0.480 e. The standard InChI is InChI=1S/C9H15Cl2NO2/c1-7(2)4-12(6-9(13)14)5-8(11)3-10/h3,7H,4-6H2,1-2H3,(H,13,14). The van der Waals surface area contributed by atoms with Gasteiger partial charge in [0.05, 0.1) is 6.54 Å². The Morgan fingerprint density at radius 2 is 2.07 bits per heavy atom. The fraction of sp³-hybridized carbons (Fsp3) is 0.667. The van der Waals surface area contributed by atoms with E-state index < -0.39 is 5.97 Å². The summed E-state index contributed by atoms with van der Waals surface area (Å²) in [5.41, 5.74) is 1.26. The summed E-state index contributed by atoms with van der Waals surface area (Å²) >= 11 is 11.1. The van der Waals surface area contributed by atoms with Gasteiger partial charge in [0.2, 0.25) is 0 Å². The van der Waals surface area contributed by atoms with Crippen LogP contribution in [0, 0.1) is 5.92 Å². The van der Waals surface area contributed by atoms with Crippen molar-refractivity contribution in [3.05, 3.63) is 10.6 Å². The topological polar surface area (TPSA) is 40.5 Å². The number of nitrogens with zero attached hydrogens (tertiary/aromatic N) is 1. The molecule has 0 saturated carbocycles. The molecule has 0 aromatic carbocycles. The molecule has 3 nitrogen and oxygen atoms in total. The fourth-order valence-corrected chi connectivity index (χ4v) is 1.38. The summed E-state index contributed by atoms with van der Waals surface area (Å²) in [6.07, 6.45) is 0. The highest BCUT2D eigenvalue weighted by atomic mass is 35.5. The molecule has 0 fully saturated rings. The molecule has 0 aromatic heterocycles. The Morgan fingerprint density at radius 3 is 2.43 bits per heavy atom. The number of aliphatic carboxylic acids is 1. The van der Waals surface area contributed by atoms with Crippen molar-refractivity contribution in [3.63, 3.8) is 0 Å². The van der Waals surface area contributed by atoms with Gasteiger partial charge in [-0.25, -0.2) is 0 Å². The van der Waals surface area contributed by atoms with E-state index in [9.17, 15) is 4.79 Å². The fourth-order valence-electron chi connectivity index (χ4n) is 1.14. The highest BCUT2D eigenvalue weighted by Crippen LogP contribution is 2.08. The molecule has 0 bridgehead atoms. The lowest BCUT2D eigenvalue weighted by atomic mass is 10.2. The summed E-state index contributed by atoms with van der Waals surface area (Å²) < 4.78 is 0. The lowest BCUT2D eigenvalue weighted by Crippen LogP contribution is -2.33. The molecule has 0 aromatic rings. The first-order chi connectivity index (χ1) is 6.45. The van der Waals surface area contributed by atoms with Crippen molar-refractivity contribution in [2.45, 2.75) is 13.8 Å². The molecule has 0 aliphatic carbocycles. The third kappa shape index (κ3) is 7.18. The van der Waals surface area contributed by atoms with Crippen LogP contribution in [0.25, 0.3) is 0 Å². The molecule has 1 N–H and O–H groups in total. The van der Waals surface area contributed by atoms with Crippen LogP contribution in [-0.2, 0) is 4.79 Å². The first-order valence-electron chi connectivity index (χ1n) is 4.34. The molecule has 0 heterocycles. The van der Waals surface area contributed by atoms with Crippen LogP contribution >= 0.6 is 23.2 Å². The van der Waals surface area contributed by atoms with Gasteiger partial charge in [-0.3, -0.25) is 9.69 Å². The van der Waals surface area contributed by atoms with Crippen LogP contribution in [0.15, 0.2) is 10.6 Å². The number of carbonyl (C=O) groups is 1. The molecule has 0 radical (unpaired) electrons. The molecule has 14 heavy (non-hydrogen) atoms. The van der Waals surface area contributed by atoms with Crippen LogP contribution in [0.4, 0.5) is 0 Å². The maximum atomic E-state index is 10.5. The average molecular weight is 240 g/mol. The molecule has 0 saturated heterocycles. The zero-order valence-electron chi connectivity index (χ0n) is 8.33. The Balaban J connectivity index is 4.17. The summed E-state index contributed by atoms with van der Waals surface area (Å²) in [5.74, 6) is -0.459. The van der Waals surface area contributed by atoms with Crippen LogP contribution in [0.5, 0.6) is 0 Å². The molecule has 0 atom stereocenters. The van der Waals surface area contributed by atoms with Crippen molar-refractivity contribution in [1.29, 1.82) is 0 Å². The second-order valence-corrected chi connectivity index (χ2v) is 4.22. The van der Waals surface area contributed by atoms with Crippen LogP contribution in [0.2, 0.25) is 0 Å². The van der Waals surface area contributed by atoms with E-state index in [1.165, 1.54) is 5.54 Å². The van der Waals surface area contributed by atoms with Gasteiger partial charge in [-0.2, -0.15) is 0 Å². The zero-order valence-corrected chi connectivity index (χ0v) is 9.85. The molecular formula is C9H15Cl2NO2. The number of carboxylic acid groups (broad SMARTS) is 1. The van der Waals surface area contributed by atoms with Gasteiger partial charge < -0.3 is 5.11 Å². The van der Waals surface area contributed by atoms with Crippen molar-refractivity contribution < 1.29 is 9.90 Å². The van der Waals surface area contributed by atoms with Gasteiger partial charge in [-0.1, -0.05) is 37.0 Å². The lowest BCUT2D eigenvalue weighted by Gasteiger charge is -2.21. The smallest absolute Gasteiger partial charge is 0.317 e. The summed E-state index contributed by atoms with van der Waals surface area (Å²) in [7, 11) is 0. The maximum absolute atomic E-state index is 10.5. The van der Waals surface area contributed by atoms with E-state index in [-0.39, 0.29) is 6.54 Å². The van der Waals surface area contributed by atoms with Crippen molar-refractivity contribution in [3.8, 4) is 0 Å². The van der Waals surface area contributed by atoms with Crippen LogP contribution < -0.4 is 0 Å². The normalized spacial score (nSPS) is 12.6. The highest BCUT2D eigenvalue weighted by molar-refractivity contribution is 6.36. The van der Waals surface area contributed by atoms with E-state index in [0.717, 1.165) is 0 Å². The third-order valence-corrected chi connectivity index (χ3v) is 2.08. The quantitative estimate of drug-likeness (QED) is 0.774. The van der Waals surface area contributed by atoms with Crippen LogP contribution in [-0.4, -0.2) is 35.6 Å². The highest BCUT2D eigenvalue weighted by Gasteiger charge is 2.12. The lowest BCUT2D eigenvalue weighted by molar-refractivity contribution is -0.138. The van der Waals surface area contributed by atoms with Gasteiger partial charge in [-0.15, -0.1) is 0 Å². The number of rotatable bonds is 6. The molecule has 0 spiro atoms. The maximum Gasteiger partial charge on any atom is 0.317 e. The summed E-state index contributed by atoms with van der Waals surface area (Å²) in [6.45, 7) is 5.10. The average Bonchev–Trinajstić information content (AvgIpc) is 2.01. The molecule has 5 heteroatoms. The molecule has 0 rings (SSSR count). The Bertz CT molecular complexity index is 217. The van der Waals surface area contributed by atoms with Gasteiger partial charge in [0.25, 0.3) is 0 Å². The number of hydrogen-bond acceptors (Lipinski definition) is 2. The van der Waals surface area contributed by atoms with Crippen molar-refractivity contribution in [2.75, 3.05) is 19.6 Å². The van der Waals surface area contributed by atoms with Gasteiger partial charge in [0.15, 0.2) is 0 Å². The van der Waals surface area contributed by atoms with Gasteiger partial charge >= 0.3 is 5.97 Å². The van der Waals surface area contributed by atoms with E-state index in [4.69, 9.17) is 28.3 Å². The summed E-state index contributed by atoms with van der Waals surface area (Å²) in [6, 6.07) is 0. The predicted octanol–water partition coefficient (Wildman–Crippen LogP) is 2.35. The van der Waals surface area contributed by atoms with Crippen LogP contribution in [0.3, 0.4) is 0 Å². The monoisotopic (exact) mass is 239 g/mol. The van der Waals surface area contributed by atoms with Gasteiger partial charge in [0.1, 0.15) is 0 Å². The predicted molar refractivity (Wildman–Crippen MR) is 58.7 cm³/mol. The first-order valence-corrected chi connectivity index (χ1v) is 5.16. The number of halogens is 2. The number of hydrogen-bond donors (Lipinski definition) is 1. The molecule has 0 aliphatic heterocycles. The number of carboxylic acids is 1. The Hall–Kier alpha value is -0.250. The molecule has 0 aliphatic rings. The second kappa shape index (κ2) is 7.10. The summed E-state index contributed by atoms with van der Waals surface area (Å²) in [5, 5.41) is 9.10. The van der Waals surface area contributed by atoms with E-state index >= 15 is 0 Å². The molecule has 0 unspecified atom stereocenters. The van der Waals surface area contributed by atoms with Gasteiger partial charge in [-0.05, 0) is 5.92 Å². The van der Waals surface area contributed by atoms with E-state index in [1.807, 2.05) is 13.8 Å². The van der Waals surface area contributed by atoms with Crippen LogP contribution in [0.1, 0.15) is 13.8 Å². The van der Waals surface area contributed by atoms with Gasteiger partial charge in [0, 0.05) is 23.7 Å². The van der Waals surface area contributed by atoms with E-state index in [1.54, 1.807) is 4.90 Å². The minimum Gasteiger partial charge on any atom is -0.480 e. The SMILES string of the molecule is CC(C)CN(CC(=O)O)CC(Cl)=CCl. The minimum absolute atomic E-state index is 0.0148. The zero-order chi connectivity index (χ0) is 11.1. The first kappa shape index (κ1) is 13.8. The summed E-state index contributed by atoms with van der Waals surface area (Å²) in [4.78, 5) is 12.3. The van der Waals surface area contributed by atoms with Crippen molar-refractivity contribution in [1.82, 2.24) is 4.90 Å². The Labute approximate surface area is 94.3 Å². The van der Waals surface area contributed by atoms with E-state index in [0.29, 0.717) is 24.0 Å². The Morgan fingerprint density at radius 1 is 1.50 bits per heavy atom. The third-order valence-electron chi connectivity index (χ3n) is 1.48. The second-order valence-electron chi connectivity index (χ2n) is 3.51. The Kier molecular flexibility index (Phi) is 6.97. The van der Waals surface area contributed by atoms with Crippen molar-refractivity contribution >= 4 is 29.2 Å². The molecule has 82 valence electrons.